The first-order valence-electron chi connectivity index (χ1n) is 5.94. The van der Waals surface area contributed by atoms with Gasteiger partial charge in [-0.2, -0.15) is 0 Å². The van der Waals surface area contributed by atoms with Crippen molar-refractivity contribution in [2.75, 3.05) is 13.1 Å². The van der Waals surface area contributed by atoms with Crippen LogP contribution in [0.5, 0.6) is 0 Å². The zero-order valence-corrected chi connectivity index (χ0v) is 9.92. The smallest absolute Gasteiger partial charge is 0.251 e. The second-order valence-electron chi connectivity index (χ2n) is 4.46. The normalized spacial score (nSPS) is 19.3. The molecule has 1 atom stereocenters. The first-order chi connectivity index (χ1) is 8.16. The van der Waals surface area contributed by atoms with Crippen LogP contribution in [0, 0.1) is 12.7 Å². The number of nitrogens with one attached hydrogen (secondary N) is 2. The first kappa shape index (κ1) is 12.0. The van der Waals surface area contributed by atoms with Crippen LogP contribution in [0.15, 0.2) is 18.2 Å². The van der Waals surface area contributed by atoms with Crippen LogP contribution in [-0.2, 0) is 0 Å². The van der Waals surface area contributed by atoms with Crippen LogP contribution in [0.3, 0.4) is 0 Å². The van der Waals surface area contributed by atoms with Gasteiger partial charge in [-0.3, -0.25) is 4.79 Å². The lowest BCUT2D eigenvalue weighted by atomic mass is 10.1. The second-order valence-corrected chi connectivity index (χ2v) is 4.46. The lowest BCUT2D eigenvalue weighted by Gasteiger charge is -2.12. The fourth-order valence-electron chi connectivity index (χ4n) is 2.12. The van der Waals surface area contributed by atoms with Gasteiger partial charge in [0.25, 0.3) is 5.91 Å². The topological polar surface area (TPSA) is 41.1 Å². The van der Waals surface area contributed by atoms with Gasteiger partial charge >= 0.3 is 0 Å². The maximum atomic E-state index is 12.9. The monoisotopic (exact) mass is 236 g/mol. The van der Waals surface area contributed by atoms with E-state index >= 15 is 0 Å². The molecule has 2 rings (SSSR count). The lowest BCUT2D eigenvalue weighted by Crippen LogP contribution is -2.37. The van der Waals surface area contributed by atoms with E-state index in [4.69, 9.17) is 0 Å². The Hall–Kier alpha value is -1.42. The molecule has 0 aliphatic carbocycles. The van der Waals surface area contributed by atoms with Crippen molar-refractivity contribution in [2.24, 2.45) is 0 Å². The number of aryl methyl sites for hydroxylation is 1. The highest BCUT2D eigenvalue weighted by molar-refractivity contribution is 5.95. The standard InChI is InChI=1S/C13H17FN2O/c1-9-7-10(14)4-5-12(9)13(17)16-8-11-3-2-6-15-11/h4-5,7,11,15H,2-3,6,8H2,1H3,(H,16,17). The molecule has 1 amide bonds. The van der Waals surface area contributed by atoms with Crippen LogP contribution < -0.4 is 10.6 Å². The molecule has 0 radical (unpaired) electrons. The Morgan fingerprint density at radius 3 is 3.06 bits per heavy atom. The number of carbonyl (C=O) groups is 1. The summed E-state index contributed by atoms with van der Waals surface area (Å²) in [5, 5.41) is 6.19. The third kappa shape index (κ3) is 3.03. The zero-order valence-electron chi connectivity index (χ0n) is 9.92. The molecule has 0 saturated carbocycles. The molecule has 17 heavy (non-hydrogen) atoms. The van der Waals surface area contributed by atoms with Gasteiger partial charge in [0, 0.05) is 18.2 Å². The van der Waals surface area contributed by atoms with Gasteiger partial charge in [0.2, 0.25) is 0 Å². The summed E-state index contributed by atoms with van der Waals surface area (Å²) in [6, 6.07) is 4.60. The third-order valence-corrected chi connectivity index (χ3v) is 3.10. The summed E-state index contributed by atoms with van der Waals surface area (Å²) >= 11 is 0. The Balaban J connectivity index is 1.94. The Morgan fingerprint density at radius 1 is 1.59 bits per heavy atom. The zero-order chi connectivity index (χ0) is 12.3. The largest absolute Gasteiger partial charge is 0.350 e. The molecule has 0 aromatic heterocycles. The van der Waals surface area contributed by atoms with Crippen LogP contribution in [0.1, 0.15) is 28.8 Å². The Kier molecular flexibility index (Phi) is 3.74. The molecule has 92 valence electrons. The summed E-state index contributed by atoms with van der Waals surface area (Å²) in [5.74, 6) is -0.437. The number of amides is 1. The fraction of sp³-hybridized carbons (Fsp3) is 0.462. The lowest BCUT2D eigenvalue weighted by molar-refractivity contribution is 0.0949. The molecule has 1 heterocycles. The van der Waals surface area contributed by atoms with Crippen molar-refractivity contribution in [3.8, 4) is 0 Å². The van der Waals surface area contributed by atoms with Crippen molar-refractivity contribution in [3.63, 3.8) is 0 Å². The fourth-order valence-corrected chi connectivity index (χ4v) is 2.12. The Labute approximate surface area is 100 Å². The highest BCUT2D eigenvalue weighted by Gasteiger charge is 2.16. The van der Waals surface area contributed by atoms with Gasteiger partial charge in [0.1, 0.15) is 5.82 Å². The average Bonchev–Trinajstić information content (AvgIpc) is 2.78. The van der Waals surface area contributed by atoms with Crippen LogP contribution >= 0.6 is 0 Å². The van der Waals surface area contributed by atoms with E-state index in [-0.39, 0.29) is 11.7 Å². The second kappa shape index (κ2) is 5.27. The summed E-state index contributed by atoms with van der Waals surface area (Å²) < 4.78 is 12.9. The predicted molar refractivity (Wildman–Crippen MR) is 64.5 cm³/mol. The number of hydrogen-bond acceptors (Lipinski definition) is 2. The Morgan fingerprint density at radius 2 is 2.41 bits per heavy atom. The summed E-state index contributed by atoms with van der Waals surface area (Å²) in [7, 11) is 0. The molecule has 1 aromatic carbocycles. The molecule has 1 fully saturated rings. The van der Waals surface area contributed by atoms with Gasteiger partial charge < -0.3 is 10.6 Å². The van der Waals surface area contributed by atoms with Gasteiger partial charge in [0.15, 0.2) is 0 Å². The van der Waals surface area contributed by atoms with Crippen molar-refractivity contribution >= 4 is 5.91 Å². The quantitative estimate of drug-likeness (QED) is 0.837. The molecule has 2 N–H and O–H groups in total. The number of rotatable bonds is 3. The minimum absolute atomic E-state index is 0.129. The van der Waals surface area contributed by atoms with Gasteiger partial charge in [-0.1, -0.05) is 0 Å². The van der Waals surface area contributed by atoms with E-state index in [1.165, 1.54) is 18.2 Å². The van der Waals surface area contributed by atoms with Crippen LogP contribution in [-0.4, -0.2) is 25.0 Å². The molecule has 4 heteroatoms. The molecule has 0 spiro atoms. The molecule has 0 bridgehead atoms. The Bertz CT molecular complexity index is 414. The van der Waals surface area contributed by atoms with Crippen LogP contribution in [0.25, 0.3) is 0 Å². The van der Waals surface area contributed by atoms with Crippen LogP contribution in [0.4, 0.5) is 4.39 Å². The molecular weight excluding hydrogens is 219 g/mol. The first-order valence-corrected chi connectivity index (χ1v) is 5.94. The molecule has 1 aliphatic heterocycles. The maximum Gasteiger partial charge on any atom is 0.251 e. The van der Waals surface area contributed by atoms with Crippen molar-refractivity contribution < 1.29 is 9.18 Å². The number of hydrogen-bond donors (Lipinski definition) is 2. The van der Waals surface area contributed by atoms with E-state index in [0.29, 0.717) is 23.7 Å². The van der Waals surface area contributed by atoms with Crippen molar-refractivity contribution in [1.29, 1.82) is 0 Å². The highest BCUT2D eigenvalue weighted by atomic mass is 19.1. The van der Waals surface area contributed by atoms with Gasteiger partial charge in [0.05, 0.1) is 0 Å². The summed E-state index contributed by atoms with van der Waals surface area (Å²) in [6.45, 7) is 3.40. The van der Waals surface area contributed by atoms with Gasteiger partial charge in [-0.05, 0) is 50.1 Å². The molecule has 1 aromatic rings. The molecule has 1 saturated heterocycles. The van der Waals surface area contributed by atoms with E-state index < -0.39 is 0 Å². The van der Waals surface area contributed by atoms with Crippen LogP contribution in [0.2, 0.25) is 0 Å². The van der Waals surface area contributed by atoms with E-state index in [2.05, 4.69) is 10.6 Å². The number of halogens is 1. The minimum atomic E-state index is -0.309. The number of carbonyl (C=O) groups excluding carboxylic acids is 1. The van der Waals surface area contributed by atoms with Crippen molar-refractivity contribution in [1.82, 2.24) is 10.6 Å². The molecular formula is C13H17FN2O. The summed E-state index contributed by atoms with van der Waals surface area (Å²) in [4.78, 5) is 11.9. The van der Waals surface area contributed by atoms with Crippen molar-refractivity contribution in [2.45, 2.75) is 25.8 Å². The summed E-state index contributed by atoms with van der Waals surface area (Å²) in [6.07, 6.45) is 2.26. The SMILES string of the molecule is Cc1cc(F)ccc1C(=O)NCC1CCCN1. The van der Waals surface area contributed by atoms with Crippen molar-refractivity contribution in [3.05, 3.63) is 35.1 Å². The predicted octanol–water partition coefficient (Wildman–Crippen LogP) is 1.62. The third-order valence-electron chi connectivity index (χ3n) is 3.10. The highest BCUT2D eigenvalue weighted by Crippen LogP contribution is 2.10. The summed E-state index contributed by atoms with van der Waals surface area (Å²) in [5.41, 5.74) is 1.21. The number of benzene rings is 1. The molecule has 1 unspecified atom stereocenters. The van der Waals surface area contributed by atoms with E-state index in [1.807, 2.05) is 0 Å². The average molecular weight is 236 g/mol. The van der Waals surface area contributed by atoms with Gasteiger partial charge in [-0.25, -0.2) is 4.39 Å². The molecule has 1 aliphatic rings. The van der Waals surface area contributed by atoms with E-state index in [9.17, 15) is 9.18 Å². The molecule has 3 nitrogen and oxygen atoms in total. The van der Waals surface area contributed by atoms with E-state index in [0.717, 1.165) is 19.4 Å². The minimum Gasteiger partial charge on any atom is -0.350 e. The van der Waals surface area contributed by atoms with E-state index in [1.54, 1.807) is 6.92 Å². The van der Waals surface area contributed by atoms with Gasteiger partial charge in [-0.15, -0.1) is 0 Å². The maximum absolute atomic E-state index is 12.9.